The Morgan fingerprint density at radius 1 is 1.21 bits per heavy atom. The van der Waals surface area contributed by atoms with Crippen molar-refractivity contribution in [3.05, 3.63) is 70.4 Å². The van der Waals surface area contributed by atoms with Gasteiger partial charge in [0.25, 0.3) is 5.91 Å². The maximum atomic E-state index is 14.1. The number of nitrogens with one attached hydrogen (secondary N) is 2. The van der Waals surface area contributed by atoms with Crippen LogP contribution in [0.25, 0.3) is 5.69 Å². The van der Waals surface area contributed by atoms with Gasteiger partial charge in [-0.05, 0) is 30.2 Å². The molecule has 0 radical (unpaired) electrons. The average Bonchev–Trinajstić information content (AvgIpc) is 3.18. The molecule has 0 unspecified atom stereocenters. The SMILES string of the molecule is CCCc1ccc2c(c1)OCC[C@]21Cc2nn(-c3ccc(F)c(F)c3)c(NC(=O)CS(C)(=O)=O)c2C(=O)N1. The molecule has 0 aliphatic carbocycles. The van der Waals surface area contributed by atoms with E-state index in [0.717, 1.165) is 47.0 Å². The number of aryl methyl sites for hydroxylation is 1. The Bertz CT molecular complexity index is 1570. The standard InChI is InChI=1S/C26H26F2N4O5S/c1-3-4-15-5-7-17-21(11-15)37-10-9-26(17)13-20-23(25(34)30-26)24(29-22(33)14-38(2,35)36)32(31-20)16-6-8-18(27)19(28)12-16/h5-8,11-12H,3-4,9-10,13-14H2,1-2H3,(H,29,33)(H,30,34)/t26-/m0/s1. The smallest absolute Gasteiger partial charge is 0.257 e. The first-order valence-electron chi connectivity index (χ1n) is 12.1. The summed E-state index contributed by atoms with van der Waals surface area (Å²) >= 11 is 0. The monoisotopic (exact) mass is 544 g/mol. The number of hydrogen-bond donors (Lipinski definition) is 2. The summed E-state index contributed by atoms with van der Waals surface area (Å²) in [6.07, 6.45) is 3.46. The molecular formula is C26H26F2N4O5S. The molecule has 2 amide bonds. The van der Waals surface area contributed by atoms with E-state index in [1.165, 1.54) is 6.07 Å². The van der Waals surface area contributed by atoms with Crippen molar-refractivity contribution in [1.29, 1.82) is 0 Å². The summed E-state index contributed by atoms with van der Waals surface area (Å²) in [5.74, 6) is -3.95. The molecule has 1 aromatic heterocycles. The van der Waals surface area contributed by atoms with Crippen LogP contribution in [0.15, 0.2) is 36.4 Å². The van der Waals surface area contributed by atoms with E-state index < -0.39 is 44.6 Å². The summed E-state index contributed by atoms with van der Waals surface area (Å²) in [6, 6.07) is 8.93. The van der Waals surface area contributed by atoms with Crippen LogP contribution in [0, 0.1) is 11.6 Å². The summed E-state index contributed by atoms with van der Waals surface area (Å²) in [4.78, 5) is 26.1. The third-order valence-corrected chi connectivity index (χ3v) is 7.48. The van der Waals surface area contributed by atoms with Gasteiger partial charge in [0.2, 0.25) is 5.91 Å². The number of aromatic nitrogens is 2. The second-order valence-electron chi connectivity index (χ2n) is 9.69. The van der Waals surface area contributed by atoms with Gasteiger partial charge in [-0.3, -0.25) is 9.59 Å². The predicted molar refractivity (Wildman–Crippen MR) is 135 cm³/mol. The van der Waals surface area contributed by atoms with Crippen LogP contribution in [0.2, 0.25) is 0 Å². The Morgan fingerprint density at radius 3 is 2.71 bits per heavy atom. The molecule has 1 atom stereocenters. The Kier molecular flexibility index (Phi) is 6.46. The number of ether oxygens (including phenoxy) is 1. The van der Waals surface area contributed by atoms with Crippen LogP contribution in [0.5, 0.6) is 5.75 Å². The van der Waals surface area contributed by atoms with Gasteiger partial charge in [0.1, 0.15) is 22.9 Å². The maximum absolute atomic E-state index is 14.1. The first-order valence-corrected chi connectivity index (χ1v) is 14.2. The number of fused-ring (bicyclic) bond motifs is 3. The summed E-state index contributed by atoms with van der Waals surface area (Å²) in [5.41, 5.74) is 1.48. The van der Waals surface area contributed by atoms with Crippen LogP contribution in [0.4, 0.5) is 14.6 Å². The molecule has 38 heavy (non-hydrogen) atoms. The lowest BCUT2D eigenvalue weighted by molar-refractivity contribution is -0.113. The summed E-state index contributed by atoms with van der Waals surface area (Å²) < 4.78 is 58.1. The van der Waals surface area contributed by atoms with E-state index in [9.17, 15) is 26.8 Å². The highest BCUT2D eigenvalue weighted by molar-refractivity contribution is 7.91. The predicted octanol–water partition coefficient (Wildman–Crippen LogP) is 3.05. The van der Waals surface area contributed by atoms with Crippen LogP contribution < -0.4 is 15.4 Å². The van der Waals surface area contributed by atoms with Crippen molar-refractivity contribution < 1.29 is 31.5 Å². The molecule has 1 spiro atoms. The number of rotatable bonds is 6. The van der Waals surface area contributed by atoms with Gasteiger partial charge >= 0.3 is 0 Å². The fourth-order valence-corrected chi connectivity index (χ4v) is 5.62. The molecule has 3 aromatic rings. The molecule has 12 heteroatoms. The van der Waals surface area contributed by atoms with Crippen molar-refractivity contribution in [3.8, 4) is 11.4 Å². The third-order valence-electron chi connectivity index (χ3n) is 6.69. The van der Waals surface area contributed by atoms with E-state index in [4.69, 9.17) is 4.74 Å². The highest BCUT2D eigenvalue weighted by Crippen LogP contribution is 2.43. The van der Waals surface area contributed by atoms with Crippen LogP contribution in [0.3, 0.4) is 0 Å². The van der Waals surface area contributed by atoms with E-state index in [2.05, 4.69) is 22.7 Å². The van der Waals surface area contributed by atoms with Crippen molar-refractivity contribution in [2.75, 3.05) is 23.9 Å². The zero-order chi connectivity index (χ0) is 27.2. The molecule has 0 fully saturated rings. The molecule has 3 heterocycles. The molecule has 5 rings (SSSR count). The zero-order valence-corrected chi connectivity index (χ0v) is 21.6. The highest BCUT2D eigenvalue weighted by atomic mass is 32.2. The lowest BCUT2D eigenvalue weighted by Gasteiger charge is -2.41. The first kappa shape index (κ1) is 25.8. The number of carbonyl (C=O) groups excluding carboxylic acids is 2. The summed E-state index contributed by atoms with van der Waals surface area (Å²) in [6.45, 7) is 2.44. The molecule has 200 valence electrons. The molecule has 0 saturated heterocycles. The molecule has 9 nitrogen and oxygen atoms in total. The van der Waals surface area contributed by atoms with Gasteiger partial charge in [-0.15, -0.1) is 0 Å². The molecule has 2 N–H and O–H groups in total. The average molecular weight is 545 g/mol. The number of halogens is 2. The van der Waals surface area contributed by atoms with Crippen LogP contribution in [0.1, 0.15) is 46.9 Å². The number of nitrogens with zero attached hydrogens (tertiary/aromatic N) is 2. The van der Waals surface area contributed by atoms with E-state index >= 15 is 0 Å². The van der Waals surface area contributed by atoms with Crippen LogP contribution in [-0.4, -0.2) is 48.6 Å². The highest BCUT2D eigenvalue weighted by Gasteiger charge is 2.46. The van der Waals surface area contributed by atoms with Gasteiger partial charge in [-0.1, -0.05) is 25.5 Å². The van der Waals surface area contributed by atoms with E-state index in [-0.39, 0.29) is 23.5 Å². The quantitative estimate of drug-likeness (QED) is 0.493. The number of anilines is 1. The fourth-order valence-electron chi connectivity index (χ4n) is 5.07. The minimum atomic E-state index is -3.68. The molecule has 2 aliphatic rings. The second kappa shape index (κ2) is 9.50. The normalized spacial score (nSPS) is 18.4. The Hall–Kier alpha value is -3.80. The van der Waals surface area contributed by atoms with Gasteiger partial charge in [0.15, 0.2) is 21.5 Å². The third kappa shape index (κ3) is 4.75. The lowest BCUT2D eigenvalue weighted by atomic mass is 9.77. The van der Waals surface area contributed by atoms with Gasteiger partial charge in [0, 0.05) is 30.7 Å². The van der Waals surface area contributed by atoms with Crippen molar-refractivity contribution in [3.63, 3.8) is 0 Å². The Balaban J connectivity index is 1.61. The van der Waals surface area contributed by atoms with Crippen molar-refractivity contribution in [1.82, 2.24) is 15.1 Å². The number of carbonyl (C=O) groups is 2. The van der Waals surface area contributed by atoms with Gasteiger partial charge in [-0.2, -0.15) is 5.10 Å². The van der Waals surface area contributed by atoms with E-state index in [0.29, 0.717) is 24.5 Å². The topological polar surface area (TPSA) is 119 Å². The van der Waals surface area contributed by atoms with E-state index in [1.54, 1.807) is 0 Å². The largest absolute Gasteiger partial charge is 0.493 e. The van der Waals surface area contributed by atoms with Gasteiger partial charge < -0.3 is 15.4 Å². The van der Waals surface area contributed by atoms with Crippen LogP contribution >= 0.6 is 0 Å². The molecule has 0 bridgehead atoms. The molecule has 2 aliphatic heterocycles. The number of hydrogen-bond acceptors (Lipinski definition) is 6. The van der Waals surface area contributed by atoms with Gasteiger partial charge in [-0.25, -0.2) is 21.9 Å². The van der Waals surface area contributed by atoms with Crippen LogP contribution in [-0.2, 0) is 33.0 Å². The molecular weight excluding hydrogens is 518 g/mol. The first-order chi connectivity index (χ1) is 18.0. The number of benzene rings is 2. The summed E-state index contributed by atoms with van der Waals surface area (Å²) in [5, 5.41) is 10.0. The molecule has 0 saturated carbocycles. The maximum Gasteiger partial charge on any atom is 0.257 e. The lowest BCUT2D eigenvalue weighted by Crippen LogP contribution is -2.53. The minimum absolute atomic E-state index is 0.0258. The molecule has 2 aromatic carbocycles. The minimum Gasteiger partial charge on any atom is -0.493 e. The second-order valence-corrected chi connectivity index (χ2v) is 11.8. The number of amides is 2. The van der Waals surface area contributed by atoms with Crippen molar-refractivity contribution in [2.45, 2.75) is 38.1 Å². The number of sulfone groups is 1. The van der Waals surface area contributed by atoms with Crippen molar-refractivity contribution >= 4 is 27.5 Å². The van der Waals surface area contributed by atoms with E-state index in [1.807, 2.05) is 18.2 Å². The fraction of sp³-hybridized carbons (Fsp3) is 0.346. The Labute approximate surface area is 218 Å². The Morgan fingerprint density at radius 2 is 2.00 bits per heavy atom. The van der Waals surface area contributed by atoms with Gasteiger partial charge in [0.05, 0.1) is 23.5 Å². The zero-order valence-electron chi connectivity index (χ0n) is 20.8. The van der Waals surface area contributed by atoms with Crippen molar-refractivity contribution in [2.24, 2.45) is 0 Å². The summed E-state index contributed by atoms with van der Waals surface area (Å²) in [7, 11) is -3.68.